The normalized spacial score (nSPS) is 10.8. The molecular weight excluding hydrogens is 226 g/mol. The molecule has 0 amide bonds. The van der Waals surface area contributed by atoms with E-state index in [0.29, 0.717) is 10.7 Å². The first-order chi connectivity index (χ1) is 7.56. The predicted molar refractivity (Wildman–Crippen MR) is 64.0 cm³/mol. The monoisotopic (exact) mass is 237 g/mol. The minimum atomic E-state index is -0.354. The van der Waals surface area contributed by atoms with Crippen LogP contribution in [0.3, 0.4) is 0 Å². The average Bonchev–Trinajstić information content (AvgIpc) is 2.61. The number of fused-ring (bicyclic) bond motifs is 1. The third kappa shape index (κ3) is 1.48. The SMILES string of the molecule is COC(=O)c1cc2c(Cl)c(C)ccc2n1C. The summed E-state index contributed by atoms with van der Waals surface area (Å²) in [5, 5.41) is 1.56. The molecule has 2 rings (SSSR count). The zero-order valence-electron chi connectivity index (χ0n) is 9.37. The zero-order valence-corrected chi connectivity index (χ0v) is 10.1. The molecule has 4 heteroatoms. The van der Waals surface area contributed by atoms with Crippen LogP contribution in [0.1, 0.15) is 16.1 Å². The fourth-order valence-corrected chi connectivity index (χ4v) is 2.00. The Morgan fingerprint density at radius 3 is 2.75 bits per heavy atom. The molecule has 0 aliphatic carbocycles. The Bertz CT molecular complexity index is 572. The van der Waals surface area contributed by atoms with Gasteiger partial charge in [-0.05, 0) is 24.6 Å². The summed E-state index contributed by atoms with van der Waals surface area (Å²) in [5.41, 5.74) is 2.43. The predicted octanol–water partition coefficient (Wildman–Crippen LogP) is 2.93. The maximum Gasteiger partial charge on any atom is 0.354 e. The molecule has 0 unspecified atom stereocenters. The van der Waals surface area contributed by atoms with Crippen molar-refractivity contribution in [1.82, 2.24) is 4.57 Å². The number of carbonyl (C=O) groups excluding carboxylic acids is 1. The zero-order chi connectivity index (χ0) is 11.9. The van der Waals surface area contributed by atoms with Gasteiger partial charge in [-0.2, -0.15) is 0 Å². The first kappa shape index (κ1) is 11.0. The van der Waals surface area contributed by atoms with Crippen LogP contribution in [0.15, 0.2) is 18.2 Å². The number of aryl methyl sites for hydroxylation is 2. The summed E-state index contributed by atoms with van der Waals surface area (Å²) in [7, 11) is 3.19. The number of benzene rings is 1. The topological polar surface area (TPSA) is 31.2 Å². The number of carbonyl (C=O) groups is 1. The van der Waals surface area contributed by atoms with E-state index in [4.69, 9.17) is 16.3 Å². The van der Waals surface area contributed by atoms with E-state index in [9.17, 15) is 4.79 Å². The van der Waals surface area contributed by atoms with Crippen LogP contribution >= 0.6 is 11.6 Å². The van der Waals surface area contributed by atoms with E-state index in [1.807, 2.05) is 26.1 Å². The second kappa shape index (κ2) is 3.83. The highest BCUT2D eigenvalue weighted by Gasteiger charge is 2.15. The van der Waals surface area contributed by atoms with Crippen molar-refractivity contribution in [3.8, 4) is 0 Å². The molecule has 3 nitrogen and oxygen atoms in total. The van der Waals surface area contributed by atoms with Gasteiger partial charge in [0, 0.05) is 18.0 Å². The third-order valence-electron chi connectivity index (χ3n) is 2.75. The van der Waals surface area contributed by atoms with Gasteiger partial charge in [-0.25, -0.2) is 4.79 Å². The van der Waals surface area contributed by atoms with Crippen LogP contribution < -0.4 is 0 Å². The minimum Gasteiger partial charge on any atom is -0.464 e. The molecular formula is C12H12ClNO2. The number of hydrogen-bond donors (Lipinski definition) is 0. The lowest BCUT2D eigenvalue weighted by Crippen LogP contribution is -2.06. The second-order valence-electron chi connectivity index (χ2n) is 3.71. The van der Waals surface area contributed by atoms with E-state index in [1.54, 1.807) is 10.6 Å². The number of methoxy groups -OCH3 is 1. The highest BCUT2D eigenvalue weighted by atomic mass is 35.5. The van der Waals surface area contributed by atoms with Crippen LogP contribution in [-0.4, -0.2) is 17.6 Å². The molecule has 0 atom stereocenters. The molecule has 0 N–H and O–H groups in total. The standard InChI is InChI=1S/C12H12ClNO2/c1-7-4-5-9-8(11(7)13)6-10(14(9)2)12(15)16-3/h4-6H,1-3H3. The van der Waals surface area contributed by atoms with Gasteiger partial charge < -0.3 is 9.30 Å². The van der Waals surface area contributed by atoms with Gasteiger partial charge in [0.25, 0.3) is 0 Å². The van der Waals surface area contributed by atoms with E-state index in [1.165, 1.54) is 7.11 Å². The molecule has 0 spiro atoms. The van der Waals surface area contributed by atoms with Crippen molar-refractivity contribution in [1.29, 1.82) is 0 Å². The Balaban J connectivity index is 2.77. The van der Waals surface area contributed by atoms with Gasteiger partial charge in [0.2, 0.25) is 0 Å². The number of esters is 1. The Labute approximate surface area is 98.6 Å². The molecule has 0 radical (unpaired) electrons. The van der Waals surface area contributed by atoms with Gasteiger partial charge >= 0.3 is 5.97 Å². The fourth-order valence-electron chi connectivity index (χ4n) is 1.79. The lowest BCUT2D eigenvalue weighted by atomic mass is 10.2. The number of aromatic nitrogens is 1. The Hall–Kier alpha value is -1.48. The molecule has 0 aliphatic heterocycles. The van der Waals surface area contributed by atoms with E-state index in [0.717, 1.165) is 16.5 Å². The van der Waals surface area contributed by atoms with Crippen LogP contribution in [0, 0.1) is 6.92 Å². The Morgan fingerprint density at radius 2 is 2.12 bits per heavy atom. The van der Waals surface area contributed by atoms with E-state index < -0.39 is 0 Å². The van der Waals surface area contributed by atoms with E-state index in [-0.39, 0.29) is 5.97 Å². The third-order valence-corrected chi connectivity index (χ3v) is 3.25. The molecule has 1 aromatic carbocycles. The molecule has 2 aromatic rings. The number of halogens is 1. The van der Waals surface area contributed by atoms with Crippen LogP contribution in [-0.2, 0) is 11.8 Å². The molecule has 1 heterocycles. The summed E-state index contributed by atoms with van der Waals surface area (Å²) < 4.78 is 6.50. The lowest BCUT2D eigenvalue weighted by Gasteiger charge is -2.02. The molecule has 84 valence electrons. The van der Waals surface area contributed by atoms with Crippen molar-refractivity contribution in [3.05, 3.63) is 34.5 Å². The number of rotatable bonds is 1. The van der Waals surface area contributed by atoms with Crippen molar-refractivity contribution in [3.63, 3.8) is 0 Å². The lowest BCUT2D eigenvalue weighted by molar-refractivity contribution is 0.0590. The molecule has 0 saturated carbocycles. The first-order valence-electron chi connectivity index (χ1n) is 4.89. The molecule has 16 heavy (non-hydrogen) atoms. The van der Waals surface area contributed by atoms with Gasteiger partial charge in [0.15, 0.2) is 0 Å². The number of nitrogens with zero attached hydrogens (tertiary/aromatic N) is 1. The molecule has 0 saturated heterocycles. The van der Waals surface area contributed by atoms with Crippen LogP contribution in [0.5, 0.6) is 0 Å². The van der Waals surface area contributed by atoms with Gasteiger partial charge in [0.05, 0.1) is 12.1 Å². The molecule has 0 aliphatic rings. The highest BCUT2D eigenvalue weighted by molar-refractivity contribution is 6.36. The summed E-state index contributed by atoms with van der Waals surface area (Å²) in [6.45, 7) is 1.94. The largest absolute Gasteiger partial charge is 0.464 e. The van der Waals surface area contributed by atoms with Crippen molar-refractivity contribution >= 4 is 28.5 Å². The summed E-state index contributed by atoms with van der Waals surface area (Å²) in [4.78, 5) is 11.5. The maximum absolute atomic E-state index is 11.5. The Morgan fingerprint density at radius 1 is 1.44 bits per heavy atom. The number of ether oxygens (including phenoxy) is 1. The van der Waals surface area contributed by atoms with Gasteiger partial charge in [0.1, 0.15) is 5.69 Å². The van der Waals surface area contributed by atoms with Crippen LogP contribution in [0.25, 0.3) is 10.9 Å². The molecule has 0 bridgehead atoms. The van der Waals surface area contributed by atoms with Crippen LogP contribution in [0.4, 0.5) is 0 Å². The van der Waals surface area contributed by atoms with Crippen molar-refractivity contribution in [2.45, 2.75) is 6.92 Å². The van der Waals surface area contributed by atoms with Crippen molar-refractivity contribution in [2.75, 3.05) is 7.11 Å². The highest BCUT2D eigenvalue weighted by Crippen LogP contribution is 2.29. The van der Waals surface area contributed by atoms with Gasteiger partial charge in [-0.15, -0.1) is 0 Å². The molecule has 0 fully saturated rings. The van der Waals surface area contributed by atoms with Crippen molar-refractivity contribution < 1.29 is 9.53 Å². The minimum absolute atomic E-state index is 0.354. The van der Waals surface area contributed by atoms with E-state index in [2.05, 4.69) is 0 Å². The van der Waals surface area contributed by atoms with Crippen LogP contribution in [0.2, 0.25) is 5.02 Å². The van der Waals surface area contributed by atoms with E-state index >= 15 is 0 Å². The summed E-state index contributed by atoms with van der Waals surface area (Å²) in [6.07, 6.45) is 0. The average molecular weight is 238 g/mol. The summed E-state index contributed by atoms with van der Waals surface area (Å²) in [6, 6.07) is 5.64. The van der Waals surface area contributed by atoms with Gasteiger partial charge in [-0.3, -0.25) is 0 Å². The van der Waals surface area contributed by atoms with Crippen molar-refractivity contribution in [2.24, 2.45) is 7.05 Å². The first-order valence-corrected chi connectivity index (χ1v) is 5.27. The molecule has 1 aromatic heterocycles. The smallest absolute Gasteiger partial charge is 0.354 e. The summed E-state index contributed by atoms with van der Waals surface area (Å²) >= 11 is 6.19. The fraction of sp³-hybridized carbons (Fsp3) is 0.250. The number of hydrogen-bond acceptors (Lipinski definition) is 2. The Kier molecular flexibility index (Phi) is 2.64. The van der Waals surface area contributed by atoms with Gasteiger partial charge in [-0.1, -0.05) is 17.7 Å². The summed E-state index contributed by atoms with van der Waals surface area (Å²) in [5.74, 6) is -0.354. The maximum atomic E-state index is 11.5. The quantitative estimate of drug-likeness (QED) is 0.714. The second-order valence-corrected chi connectivity index (χ2v) is 4.09.